The van der Waals surface area contributed by atoms with Crippen molar-refractivity contribution in [3.63, 3.8) is 0 Å². The maximum absolute atomic E-state index is 6.45. The zero-order chi connectivity index (χ0) is 19.1. The molecule has 1 fully saturated rings. The average Bonchev–Trinajstić information content (AvgIpc) is 2.68. The maximum atomic E-state index is 6.45. The van der Waals surface area contributed by atoms with Crippen molar-refractivity contribution in [3.05, 3.63) is 89.5 Å². The fourth-order valence-electron chi connectivity index (χ4n) is 3.61. The number of hydrogen-bond donors (Lipinski definition) is 0. The van der Waals surface area contributed by atoms with Crippen LogP contribution in [-0.4, -0.2) is 30.6 Å². The molecule has 142 valence electrons. The zero-order valence-corrected chi connectivity index (χ0v) is 16.7. The lowest BCUT2D eigenvalue weighted by molar-refractivity contribution is 0.0808. The van der Waals surface area contributed by atoms with E-state index in [2.05, 4.69) is 79.1 Å². The summed E-state index contributed by atoms with van der Waals surface area (Å²) in [7, 11) is 0. The second kappa shape index (κ2) is 9.57. The summed E-state index contributed by atoms with van der Waals surface area (Å²) in [5.74, 6) is 0.961. The van der Waals surface area contributed by atoms with Crippen LogP contribution in [0.25, 0.3) is 5.76 Å². The SMILES string of the molecule is C=C(C)/C=C(/OC1CCN(CCc2ccccc2)CC1)c1ccccc1C. The quantitative estimate of drug-likeness (QED) is 0.468. The first kappa shape index (κ1) is 19.4. The molecule has 1 heterocycles. The number of benzene rings is 2. The summed E-state index contributed by atoms with van der Waals surface area (Å²) >= 11 is 0. The van der Waals surface area contributed by atoms with Crippen LogP contribution in [-0.2, 0) is 11.2 Å². The van der Waals surface area contributed by atoms with E-state index < -0.39 is 0 Å². The van der Waals surface area contributed by atoms with Gasteiger partial charge in [0.1, 0.15) is 11.9 Å². The molecule has 1 saturated heterocycles. The predicted octanol–water partition coefficient (Wildman–Crippen LogP) is 5.64. The van der Waals surface area contributed by atoms with Crippen molar-refractivity contribution >= 4 is 5.76 Å². The van der Waals surface area contributed by atoms with Crippen molar-refractivity contribution in [1.82, 2.24) is 4.90 Å². The fraction of sp³-hybridized carbons (Fsp3) is 0.360. The van der Waals surface area contributed by atoms with Crippen molar-refractivity contribution in [2.75, 3.05) is 19.6 Å². The Balaban J connectivity index is 1.55. The van der Waals surface area contributed by atoms with E-state index in [0.29, 0.717) is 0 Å². The Morgan fingerprint density at radius 2 is 1.74 bits per heavy atom. The first-order valence-corrected chi connectivity index (χ1v) is 9.98. The van der Waals surface area contributed by atoms with E-state index in [4.69, 9.17) is 4.74 Å². The Kier molecular flexibility index (Phi) is 6.89. The van der Waals surface area contributed by atoms with Crippen LogP contribution in [0.15, 0.2) is 72.8 Å². The lowest BCUT2D eigenvalue weighted by Gasteiger charge is -2.33. The van der Waals surface area contributed by atoms with Gasteiger partial charge < -0.3 is 9.64 Å². The minimum Gasteiger partial charge on any atom is -0.490 e. The summed E-state index contributed by atoms with van der Waals surface area (Å²) in [5, 5.41) is 0. The van der Waals surface area contributed by atoms with Crippen LogP contribution >= 0.6 is 0 Å². The van der Waals surface area contributed by atoms with Gasteiger partial charge in [-0.2, -0.15) is 0 Å². The third-order valence-corrected chi connectivity index (χ3v) is 5.18. The summed E-state index contributed by atoms with van der Waals surface area (Å²) in [6.45, 7) is 11.5. The van der Waals surface area contributed by atoms with Gasteiger partial charge in [0.2, 0.25) is 0 Å². The molecule has 0 aromatic heterocycles. The van der Waals surface area contributed by atoms with Crippen LogP contribution in [0.3, 0.4) is 0 Å². The highest BCUT2D eigenvalue weighted by atomic mass is 16.5. The van der Waals surface area contributed by atoms with E-state index in [9.17, 15) is 0 Å². The molecule has 1 aliphatic rings. The highest BCUT2D eigenvalue weighted by Crippen LogP contribution is 2.26. The van der Waals surface area contributed by atoms with Crippen LogP contribution in [0.5, 0.6) is 0 Å². The summed E-state index contributed by atoms with van der Waals surface area (Å²) in [6, 6.07) is 19.2. The largest absolute Gasteiger partial charge is 0.490 e. The van der Waals surface area contributed by atoms with E-state index in [-0.39, 0.29) is 6.10 Å². The van der Waals surface area contributed by atoms with E-state index >= 15 is 0 Å². The maximum Gasteiger partial charge on any atom is 0.127 e. The molecule has 0 atom stereocenters. The Hall–Kier alpha value is -2.32. The topological polar surface area (TPSA) is 12.5 Å². The van der Waals surface area contributed by atoms with Crippen LogP contribution in [0.1, 0.15) is 36.5 Å². The van der Waals surface area contributed by atoms with Gasteiger partial charge in [-0.05, 0) is 50.3 Å². The number of piperidine rings is 1. The summed E-state index contributed by atoms with van der Waals surface area (Å²) in [6.07, 6.45) is 5.63. The molecule has 0 radical (unpaired) electrons. The second-order valence-corrected chi connectivity index (χ2v) is 7.56. The van der Waals surface area contributed by atoms with E-state index in [0.717, 1.165) is 50.2 Å². The molecule has 0 unspecified atom stereocenters. The molecule has 2 aromatic rings. The van der Waals surface area contributed by atoms with Crippen molar-refractivity contribution in [3.8, 4) is 0 Å². The number of likely N-dealkylation sites (tertiary alicyclic amines) is 1. The molecule has 0 saturated carbocycles. The average molecular weight is 362 g/mol. The smallest absolute Gasteiger partial charge is 0.127 e. The van der Waals surface area contributed by atoms with Crippen molar-refractivity contribution in [2.45, 2.75) is 39.2 Å². The molecular formula is C25H31NO. The summed E-state index contributed by atoms with van der Waals surface area (Å²) < 4.78 is 6.45. The Morgan fingerprint density at radius 3 is 2.41 bits per heavy atom. The van der Waals surface area contributed by atoms with Gasteiger partial charge in [0.25, 0.3) is 0 Å². The fourth-order valence-corrected chi connectivity index (χ4v) is 3.61. The van der Waals surface area contributed by atoms with Gasteiger partial charge in [-0.1, -0.05) is 66.7 Å². The molecule has 0 aliphatic carbocycles. The summed E-state index contributed by atoms with van der Waals surface area (Å²) in [5.41, 5.74) is 4.85. The van der Waals surface area contributed by atoms with E-state index in [1.54, 1.807) is 0 Å². The first-order valence-electron chi connectivity index (χ1n) is 9.98. The third-order valence-electron chi connectivity index (χ3n) is 5.18. The number of hydrogen-bond acceptors (Lipinski definition) is 2. The van der Waals surface area contributed by atoms with Crippen molar-refractivity contribution in [1.29, 1.82) is 0 Å². The lowest BCUT2D eigenvalue weighted by Crippen LogP contribution is -2.38. The monoisotopic (exact) mass is 361 g/mol. The molecule has 0 bridgehead atoms. The molecule has 2 aromatic carbocycles. The Bertz CT molecular complexity index is 770. The van der Waals surface area contributed by atoms with Gasteiger partial charge in [0, 0.05) is 25.2 Å². The number of ether oxygens (including phenoxy) is 1. The van der Waals surface area contributed by atoms with Gasteiger partial charge >= 0.3 is 0 Å². The van der Waals surface area contributed by atoms with Gasteiger partial charge in [0.15, 0.2) is 0 Å². The lowest BCUT2D eigenvalue weighted by atomic mass is 10.0. The molecule has 0 spiro atoms. The minimum absolute atomic E-state index is 0.281. The molecule has 2 heteroatoms. The molecule has 2 nitrogen and oxygen atoms in total. The van der Waals surface area contributed by atoms with Crippen LogP contribution in [0.2, 0.25) is 0 Å². The van der Waals surface area contributed by atoms with Crippen LogP contribution < -0.4 is 0 Å². The van der Waals surface area contributed by atoms with Gasteiger partial charge in [-0.3, -0.25) is 0 Å². The van der Waals surface area contributed by atoms with E-state index in [1.165, 1.54) is 16.7 Å². The second-order valence-electron chi connectivity index (χ2n) is 7.56. The normalized spacial score (nSPS) is 16.3. The van der Waals surface area contributed by atoms with Crippen molar-refractivity contribution in [2.24, 2.45) is 0 Å². The van der Waals surface area contributed by atoms with Crippen LogP contribution in [0, 0.1) is 6.92 Å². The molecule has 0 amide bonds. The van der Waals surface area contributed by atoms with Gasteiger partial charge in [-0.15, -0.1) is 0 Å². The highest BCUT2D eigenvalue weighted by Gasteiger charge is 2.21. The third kappa shape index (κ3) is 5.83. The molecular weight excluding hydrogens is 330 g/mol. The van der Waals surface area contributed by atoms with Gasteiger partial charge in [0.05, 0.1) is 0 Å². The predicted molar refractivity (Wildman–Crippen MR) is 115 cm³/mol. The number of rotatable bonds is 7. The van der Waals surface area contributed by atoms with E-state index in [1.807, 2.05) is 6.92 Å². The number of nitrogens with zero attached hydrogens (tertiary/aromatic N) is 1. The Labute approximate surface area is 164 Å². The summed E-state index contributed by atoms with van der Waals surface area (Å²) in [4.78, 5) is 2.56. The Morgan fingerprint density at radius 1 is 1.07 bits per heavy atom. The molecule has 0 N–H and O–H groups in total. The molecule has 27 heavy (non-hydrogen) atoms. The number of aryl methyl sites for hydroxylation is 1. The minimum atomic E-state index is 0.281. The zero-order valence-electron chi connectivity index (χ0n) is 16.7. The standard InChI is InChI=1S/C25H31NO/c1-20(2)19-25(24-12-8-7-9-21(24)3)27-23-14-17-26(18-15-23)16-13-22-10-5-4-6-11-22/h4-12,19,23H,1,13-18H2,2-3H3/b25-19+. The molecule has 3 rings (SSSR count). The molecule has 1 aliphatic heterocycles. The van der Waals surface area contributed by atoms with Crippen molar-refractivity contribution < 1.29 is 4.74 Å². The highest BCUT2D eigenvalue weighted by molar-refractivity contribution is 5.65. The first-order chi connectivity index (χ1) is 13.1. The van der Waals surface area contributed by atoms with Crippen LogP contribution in [0.4, 0.5) is 0 Å². The number of allylic oxidation sites excluding steroid dienone is 2. The van der Waals surface area contributed by atoms with Gasteiger partial charge in [-0.25, -0.2) is 0 Å².